The lowest BCUT2D eigenvalue weighted by molar-refractivity contribution is 0.673. The highest BCUT2D eigenvalue weighted by atomic mass is 28.3. The largest absolute Gasteiger partial charge is 0.455 e. The SMILES string of the molecule is C[Si](C)(C)c1ccc(N(c2ccccc2)c2ccc3c(c2)oc2c4ccc(N(c5ccccc5)c5ccccc5-c5ccccc5)cc4c4ccccc4c32)cc1. The molecule has 4 heteroatoms. The highest BCUT2D eigenvalue weighted by Gasteiger charge is 2.22. The number of para-hydroxylation sites is 3. The molecular formula is C53H42N2OSi. The molecule has 0 radical (unpaired) electrons. The molecule has 0 bridgehead atoms. The maximum Gasteiger partial charge on any atom is 0.143 e. The van der Waals surface area contributed by atoms with Gasteiger partial charge in [0.25, 0.3) is 0 Å². The van der Waals surface area contributed by atoms with E-state index in [-0.39, 0.29) is 0 Å². The van der Waals surface area contributed by atoms with Crippen molar-refractivity contribution in [2.24, 2.45) is 0 Å². The molecule has 0 spiro atoms. The average Bonchev–Trinajstić information content (AvgIpc) is 3.64. The summed E-state index contributed by atoms with van der Waals surface area (Å²) in [5.41, 5.74) is 10.7. The predicted octanol–water partition coefficient (Wildman–Crippen LogP) is 15.0. The molecule has 3 nitrogen and oxygen atoms in total. The average molecular weight is 751 g/mol. The summed E-state index contributed by atoms with van der Waals surface area (Å²) >= 11 is 0. The number of hydrogen-bond donors (Lipinski definition) is 0. The zero-order valence-electron chi connectivity index (χ0n) is 32.4. The molecule has 0 aliphatic carbocycles. The van der Waals surface area contributed by atoms with Gasteiger partial charge in [0.1, 0.15) is 11.2 Å². The summed E-state index contributed by atoms with van der Waals surface area (Å²) in [4.78, 5) is 4.70. The Bertz CT molecular complexity index is 3040. The van der Waals surface area contributed by atoms with E-state index >= 15 is 0 Å². The second kappa shape index (κ2) is 14.0. The predicted molar refractivity (Wildman–Crippen MR) is 247 cm³/mol. The summed E-state index contributed by atoms with van der Waals surface area (Å²) in [6.07, 6.45) is 0. The van der Waals surface area contributed by atoms with Gasteiger partial charge in [-0.1, -0.05) is 146 Å². The van der Waals surface area contributed by atoms with Crippen LogP contribution in [0, 0.1) is 0 Å². The van der Waals surface area contributed by atoms with Crippen LogP contribution in [0.15, 0.2) is 205 Å². The third-order valence-electron chi connectivity index (χ3n) is 11.2. The molecule has 0 atom stereocenters. The number of hydrogen-bond acceptors (Lipinski definition) is 3. The van der Waals surface area contributed by atoms with Gasteiger partial charge >= 0.3 is 0 Å². The van der Waals surface area contributed by atoms with Crippen molar-refractivity contribution in [3.8, 4) is 11.1 Å². The van der Waals surface area contributed by atoms with Gasteiger partial charge in [0.15, 0.2) is 0 Å². The van der Waals surface area contributed by atoms with Crippen LogP contribution in [-0.2, 0) is 0 Å². The third kappa shape index (κ3) is 6.15. The fourth-order valence-corrected chi connectivity index (χ4v) is 9.55. The Morgan fingerprint density at radius 3 is 1.60 bits per heavy atom. The second-order valence-electron chi connectivity index (χ2n) is 15.8. The van der Waals surface area contributed by atoms with Crippen molar-refractivity contribution in [1.82, 2.24) is 0 Å². The summed E-state index contributed by atoms with van der Waals surface area (Å²) in [6.45, 7) is 7.18. The second-order valence-corrected chi connectivity index (χ2v) is 20.9. The zero-order chi connectivity index (χ0) is 38.5. The van der Waals surface area contributed by atoms with E-state index in [0.29, 0.717) is 0 Å². The van der Waals surface area contributed by atoms with Gasteiger partial charge < -0.3 is 14.2 Å². The minimum atomic E-state index is -1.45. The molecule has 9 aromatic carbocycles. The molecule has 57 heavy (non-hydrogen) atoms. The summed E-state index contributed by atoms with van der Waals surface area (Å²) < 4.78 is 7.01. The van der Waals surface area contributed by atoms with Crippen molar-refractivity contribution in [3.63, 3.8) is 0 Å². The maximum absolute atomic E-state index is 7.01. The van der Waals surface area contributed by atoms with Crippen molar-refractivity contribution in [1.29, 1.82) is 0 Å². The molecule has 1 heterocycles. The third-order valence-corrected chi connectivity index (χ3v) is 13.2. The highest BCUT2D eigenvalue weighted by Crippen LogP contribution is 2.46. The fourth-order valence-electron chi connectivity index (χ4n) is 8.38. The smallest absolute Gasteiger partial charge is 0.143 e. The first-order valence-electron chi connectivity index (χ1n) is 19.7. The van der Waals surface area contributed by atoms with Gasteiger partial charge in [-0.25, -0.2) is 0 Å². The van der Waals surface area contributed by atoms with Crippen molar-refractivity contribution < 1.29 is 4.42 Å². The molecule has 274 valence electrons. The molecule has 0 saturated heterocycles. The summed E-state index contributed by atoms with van der Waals surface area (Å²) in [7, 11) is -1.45. The topological polar surface area (TPSA) is 19.6 Å². The molecule has 0 amide bonds. The van der Waals surface area contributed by atoms with Crippen LogP contribution in [0.25, 0.3) is 54.6 Å². The molecule has 1 aromatic heterocycles. The number of furan rings is 1. The first kappa shape index (κ1) is 34.6. The molecule has 0 aliphatic heterocycles. The van der Waals surface area contributed by atoms with Crippen LogP contribution in [-0.4, -0.2) is 8.07 Å². The van der Waals surface area contributed by atoms with E-state index in [4.69, 9.17) is 4.42 Å². The Kier molecular flexibility index (Phi) is 8.50. The van der Waals surface area contributed by atoms with E-state index in [9.17, 15) is 0 Å². The summed E-state index contributed by atoms with van der Waals surface area (Å²) in [6, 6.07) is 72.0. The van der Waals surface area contributed by atoms with E-state index in [1.54, 1.807) is 0 Å². The first-order chi connectivity index (χ1) is 27.9. The van der Waals surface area contributed by atoms with Crippen molar-refractivity contribution in [2.45, 2.75) is 19.6 Å². The van der Waals surface area contributed by atoms with Crippen molar-refractivity contribution in [3.05, 3.63) is 200 Å². The lowest BCUT2D eigenvalue weighted by Crippen LogP contribution is -2.37. The van der Waals surface area contributed by atoms with E-state index in [2.05, 4.69) is 230 Å². The van der Waals surface area contributed by atoms with Gasteiger partial charge in [-0.2, -0.15) is 0 Å². The lowest BCUT2D eigenvalue weighted by Gasteiger charge is -2.28. The van der Waals surface area contributed by atoms with E-state index < -0.39 is 8.07 Å². The number of anilines is 6. The van der Waals surface area contributed by atoms with Crippen LogP contribution in [0.2, 0.25) is 19.6 Å². The van der Waals surface area contributed by atoms with Gasteiger partial charge in [-0.3, -0.25) is 0 Å². The van der Waals surface area contributed by atoms with Gasteiger partial charge in [0.2, 0.25) is 0 Å². The number of benzene rings is 9. The van der Waals surface area contributed by atoms with Gasteiger partial charge in [-0.15, -0.1) is 0 Å². The van der Waals surface area contributed by atoms with Crippen LogP contribution in [0.5, 0.6) is 0 Å². The Balaban J connectivity index is 1.17. The summed E-state index contributed by atoms with van der Waals surface area (Å²) in [5, 5.41) is 8.33. The Labute approximate surface area is 334 Å². The number of rotatable bonds is 8. The van der Waals surface area contributed by atoms with Crippen molar-refractivity contribution in [2.75, 3.05) is 9.80 Å². The molecule has 0 saturated carbocycles. The van der Waals surface area contributed by atoms with E-state index in [1.165, 1.54) is 27.1 Å². The van der Waals surface area contributed by atoms with E-state index in [1.807, 2.05) is 0 Å². The van der Waals surface area contributed by atoms with Gasteiger partial charge in [-0.05, 0) is 94.5 Å². The normalized spacial score (nSPS) is 11.8. The maximum atomic E-state index is 7.01. The molecule has 0 fully saturated rings. The first-order valence-corrected chi connectivity index (χ1v) is 23.2. The molecular weight excluding hydrogens is 709 g/mol. The fraction of sp³-hybridized carbons (Fsp3) is 0.0566. The standard InChI is InChI=1S/C53H42N2OSi/c1-57(2,3)43-31-27-40(28-32-43)54(38-19-9-5-10-20-38)42-30-34-48-51(36-42)56-53-47-33-29-41(35-49(47)45-24-13-14-25-46(45)52(48)53)55(39-21-11-6-12-22-39)50-26-16-15-23-44(50)37-17-7-4-8-18-37/h4-36H,1-3H3. The number of fused-ring (bicyclic) bond motifs is 8. The minimum Gasteiger partial charge on any atom is -0.455 e. The monoisotopic (exact) mass is 750 g/mol. The molecule has 0 aliphatic rings. The van der Waals surface area contributed by atoms with Crippen molar-refractivity contribution >= 4 is 90.9 Å². The molecule has 10 rings (SSSR count). The quantitative estimate of drug-likeness (QED) is 0.114. The molecule has 10 aromatic rings. The van der Waals surface area contributed by atoms with Crippen LogP contribution < -0.4 is 15.0 Å². The highest BCUT2D eigenvalue weighted by molar-refractivity contribution is 6.88. The van der Waals surface area contributed by atoms with Crippen LogP contribution in [0.1, 0.15) is 0 Å². The minimum absolute atomic E-state index is 0.867. The van der Waals surface area contributed by atoms with Crippen LogP contribution in [0.4, 0.5) is 34.1 Å². The molecule has 0 unspecified atom stereocenters. The van der Waals surface area contributed by atoms with Gasteiger partial charge in [0.05, 0.1) is 13.8 Å². The lowest BCUT2D eigenvalue weighted by atomic mass is 9.96. The van der Waals surface area contributed by atoms with E-state index in [0.717, 1.165) is 66.8 Å². The molecule has 0 N–H and O–H groups in total. The zero-order valence-corrected chi connectivity index (χ0v) is 33.4. The van der Waals surface area contributed by atoms with Gasteiger partial charge in [0, 0.05) is 56.2 Å². The summed E-state index contributed by atoms with van der Waals surface area (Å²) in [5.74, 6) is 0. The Morgan fingerprint density at radius 1 is 0.386 bits per heavy atom. The van der Waals surface area contributed by atoms with Crippen LogP contribution >= 0.6 is 0 Å². The Morgan fingerprint density at radius 2 is 0.912 bits per heavy atom. The van der Waals surface area contributed by atoms with Crippen LogP contribution in [0.3, 0.4) is 0 Å². The number of nitrogens with zero attached hydrogens (tertiary/aromatic N) is 2. The Hall–Kier alpha value is -6.88.